The number of rotatable bonds is 6. The maximum absolute atomic E-state index is 11.6. The molecular formula is C12H17N3O3. The molecule has 6 heteroatoms. The number of carbonyl (C=O) groups is 2. The van der Waals surface area contributed by atoms with E-state index in [4.69, 9.17) is 16.2 Å². The highest BCUT2D eigenvalue weighted by Crippen LogP contribution is 2.23. The van der Waals surface area contributed by atoms with E-state index < -0.39 is 11.9 Å². The molecule has 0 saturated carbocycles. The zero-order valence-electron chi connectivity index (χ0n) is 10.2. The summed E-state index contributed by atoms with van der Waals surface area (Å²) < 4.78 is 4.89. The lowest BCUT2D eigenvalue weighted by Crippen LogP contribution is -2.17. The normalized spacial score (nSPS) is 9.83. The number of nitrogen functional groups attached to an aromatic ring is 1. The minimum absolute atomic E-state index is 0.197. The summed E-state index contributed by atoms with van der Waals surface area (Å²) in [7, 11) is 0. The van der Waals surface area contributed by atoms with E-state index in [1.54, 1.807) is 25.1 Å². The minimum atomic E-state index is -0.464. The topological polar surface area (TPSA) is 107 Å². The molecule has 6 nitrogen and oxygen atoms in total. The summed E-state index contributed by atoms with van der Waals surface area (Å²) in [5.74, 6) is -0.865. The number of amides is 1. The van der Waals surface area contributed by atoms with Gasteiger partial charge in [0.2, 0.25) is 5.91 Å². The fraction of sp³-hybridized carbons (Fsp3) is 0.333. The molecule has 0 heterocycles. The number of hydrogen-bond acceptors (Lipinski definition) is 5. The van der Waals surface area contributed by atoms with Crippen molar-refractivity contribution in [3.05, 3.63) is 23.8 Å². The average Bonchev–Trinajstić information content (AvgIpc) is 2.31. The first kappa shape index (κ1) is 13.8. The summed E-state index contributed by atoms with van der Waals surface area (Å²) in [5.41, 5.74) is 12.1. The molecule has 0 bridgehead atoms. The molecule has 0 aromatic heterocycles. The molecule has 1 rings (SSSR count). The Bertz CT molecular complexity index is 446. The van der Waals surface area contributed by atoms with Crippen LogP contribution in [0.15, 0.2) is 18.2 Å². The van der Waals surface area contributed by atoms with Gasteiger partial charge in [-0.1, -0.05) is 6.07 Å². The average molecular weight is 251 g/mol. The minimum Gasteiger partial charge on any atom is -0.462 e. The number of ether oxygens (including phenoxy) is 1. The van der Waals surface area contributed by atoms with Gasteiger partial charge in [-0.2, -0.15) is 0 Å². The summed E-state index contributed by atoms with van der Waals surface area (Å²) in [6, 6.07) is 5.00. The lowest BCUT2D eigenvalue weighted by molar-refractivity contribution is -0.117. The number of para-hydroxylation sites is 1. The van der Waals surface area contributed by atoms with E-state index in [1.807, 2.05) is 0 Å². The fourth-order valence-electron chi connectivity index (χ4n) is 1.43. The van der Waals surface area contributed by atoms with Crippen molar-refractivity contribution < 1.29 is 14.3 Å². The predicted molar refractivity (Wildman–Crippen MR) is 69.1 cm³/mol. The van der Waals surface area contributed by atoms with Crippen molar-refractivity contribution in [2.75, 3.05) is 24.2 Å². The third kappa shape index (κ3) is 3.65. The Balaban J connectivity index is 2.78. The highest BCUT2D eigenvalue weighted by molar-refractivity contribution is 5.98. The molecule has 0 aliphatic carbocycles. The SMILES string of the molecule is CCOC(=O)c1cccc(NCCC(N)=O)c1N. The summed E-state index contributed by atoms with van der Waals surface area (Å²) in [4.78, 5) is 22.2. The highest BCUT2D eigenvalue weighted by Gasteiger charge is 2.13. The standard InChI is InChI=1S/C12H17N3O3/c1-2-18-12(17)8-4-3-5-9(11(8)14)15-7-6-10(13)16/h3-5,15H,2,6-7,14H2,1H3,(H2,13,16). The number of anilines is 2. The fourth-order valence-corrected chi connectivity index (χ4v) is 1.43. The van der Waals surface area contributed by atoms with Crippen molar-refractivity contribution in [3.63, 3.8) is 0 Å². The van der Waals surface area contributed by atoms with Crippen molar-refractivity contribution in [2.45, 2.75) is 13.3 Å². The van der Waals surface area contributed by atoms with Gasteiger partial charge in [0.05, 0.1) is 23.5 Å². The van der Waals surface area contributed by atoms with E-state index in [9.17, 15) is 9.59 Å². The van der Waals surface area contributed by atoms with Crippen LogP contribution in [0.5, 0.6) is 0 Å². The molecular weight excluding hydrogens is 234 g/mol. The van der Waals surface area contributed by atoms with Gasteiger partial charge in [0.25, 0.3) is 0 Å². The van der Waals surface area contributed by atoms with Gasteiger partial charge in [-0.15, -0.1) is 0 Å². The van der Waals surface area contributed by atoms with Gasteiger partial charge in [-0.05, 0) is 19.1 Å². The highest BCUT2D eigenvalue weighted by atomic mass is 16.5. The molecule has 0 atom stereocenters. The first-order chi connectivity index (χ1) is 8.56. The van der Waals surface area contributed by atoms with Crippen LogP contribution in [-0.4, -0.2) is 25.0 Å². The van der Waals surface area contributed by atoms with Crippen LogP contribution in [0.25, 0.3) is 0 Å². The van der Waals surface area contributed by atoms with Crippen LogP contribution in [0.2, 0.25) is 0 Å². The molecule has 0 aliphatic rings. The number of benzene rings is 1. The van der Waals surface area contributed by atoms with Gasteiger partial charge in [0, 0.05) is 13.0 Å². The quantitative estimate of drug-likeness (QED) is 0.510. The van der Waals surface area contributed by atoms with Gasteiger partial charge in [0.15, 0.2) is 0 Å². The molecule has 18 heavy (non-hydrogen) atoms. The Hall–Kier alpha value is -2.24. The lowest BCUT2D eigenvalue weighted by atomic mass is 10.1. The van der Waals surface area contributed by atoms with Crippen molar-refractivity contribution in [1.29, 1.82) is 0 Å². The summed E-state index contributed by atoms with van der Waals surface area (Å²) in [6.45, 7) is 2.38. The maximum Gasteiger partial charge on any atom is 0.340 e. The Morgan fingerprint density at radius 3 is 2.72 bits per heavy atom. The van der Waals surface area contributed by atoms with Crippen LogP contribution in [0.3, 0.4) is 0 Å². The van der Waals surface area contributed by atoms with Gasteiger partial charge < -0.3 is 21.5 Å². The predicted octanol–water partition coefficient (Wildman–Crippen LogP) is 0.733. The van der Waals surface area contributed by atoms with E-state index in [0.717, 1.165) is 0 Å². The largest absolute Gasteiger partial charge is 0.462 e. The number of nitrogens with two attached hydrogens (primary N) is 2. The van der Waals surface area contributed by atoms with E-state index in [-0.39, 0.29) is 13.0 Å². The second-order valence-electron chi connectivity index (χ2n) is 3.63. The number of esters is 1. The monoisotopic (exact) mass is 251 g/mol. The summed E-state index contributed by atoms with van der Waals surface area (Å²) in [5, 5.41) is 2.95. The van der Waals surface area contributed by atoms with Crippen LogP contribution in [0, 0.1) is 0 Å². The first-order valence-electron chi connectivity index (χ1n) is 5.64. The van der Waals surface area contributed by atoms with Gasteiger partial charge in [0.1, 0.15) is 0 Å². The van der Waals surface area contributed by atoms with Crippen molar-refractivity contribution in [1.82, 2.24) is 0 Å². The van der Waals surface area contributed by atoms with Gasteiger partial charge in [-0.25, -0.2) is 4.79 Å². The van der Waals surface area contributed by atoms with Crippen LogP contribution < -0.4 is 16.8 Å². The zero-order valence-corrected chi connectivity index (χ0v) is 10.2. The van der Waals surface area contributed by atoms with E-state index in [1.165, 1.54) is 0 Å². The number of hydrogen-bond donors (Lipinski definition) is 3. The van der Waals surface area contributed by atoms with Crippen molar-refractivity contribution in [3.8, 4) is 0 Å². The Kier molecular flexibility index (Phi) is 4.98. The second-order valence-corrected chi connectivity index (χ2v) is 3.63. The number of primary amides is 1. The maximum atomic E-state index is 11.6. The van der Waals surface area contributed by atoms with Crippen LogP contribution in [0.1, 0.15) is 23.7 Å². The third-order valence-corrected chi connectivity index (χ3v) is 2.29. The van der Waals surface area contributed by atoms with Gasteiger partial charge in [-0.3, -0.25) is 4.79 Å². The van der Waals surface area contributed by atoms with Crippen LogP contribution in [0.4, 0.5) is 11.4 Å². The third-order valence-electron chi connectivity index (χ3n) is 2.29. The molecule has 1 aromatic carbocycles. The Labute approximate surface area is 105 Å². The summed E-state index contributed by atoms with van der Waals surface area (Å²) in [6.07, 6.45) is 0.197. The van der Waals surface area contributed by atoms with E-state index in [2.05, 4.69) is 5.32 Å². The Morgan fingerprint density at radius 1 is 1.39 bits per heavy atom. The molecule has 0 spiro atoms. The molecule has 5 N–H and O–H groups in total. The van der Waals surface area contributed by atoms with Crippen LogP contribution >= 0.6 is 0 Å². The van der Waals surface area contributed by atoms with Gasteiger partial charge >= 0.3 is 5.97 Å². The molecule has 98 valence electrons. The smallest absolute Gasteiger partial charge is 0.340 e. The summed E-state index contributed by atoms with van der Waals surface area (Å²) >= 11 is 0. The molecule has 0 saturated heterocycles. The molecule has 0 aliphatic heterocycles. The lowest BCUT2D eigenvalue weighted by Gasteiger charge is -2.11. The van der Waals surface area contributed by atoms with E-state index >= 15 is 0 Å². The zero-order chi connectivity index (χ0) is 13.5. The Morgan fingerprint density at radius 2 is 2.11 bits per heavy atom. The van der Waals surface area contributed by atoms with Crippen molar-refractivity contribution >= 4 is 23.3 Å². The first-order valence-corrected chi connectivity index (χ1v) is 5.64. The van der Waals surface area contributed by atoms with Crippen LogP contribution in [-0.2, 0) is 9.53 Å². The molecule has 0 radical (unpaired) electrons. The molecule has 0 fully saturated rings. The molecule has 0 unspecified atom stereocenters. The second kappa shape index (κ2) is 6.48. The molecule has 1 aromatic rings. The number of nitrogens with one attached hydrogen (secondary N) is 1. The molecule has 1 amide bonds. The van der Waals surface area contributed by atoms with E-state index in [0.29, 0.717) is 23.5 Å². The van der Waals surface area contributed by atoms with Crippen molar-refractivity contribution in [2.24, 2.45) is 5.73 Å². The number of carbonyl (C=O) groups excluding carboxylic acids is 2.